The maximum absolute atomic E-state index is 11.7. The van der Waals surface area contributed by atoms with Crippen LogP contribution in [0.25, 0.3) is 10.9 Å². The fraction of sp³-hybridized carbons (Fsp3) is 0.0909. The Morgan fingerprint density at radius 1 is 1.00 bits per heavy atom. The summed E-state index contributed by atoms with van der Waals surface area (Å²) in [5, 5.41) is 26.9. The van der Waals surface area contributed by atoms with Crippen molar-refractivity contribution in [1.82, 2.24) is 0 Å². The van der Waals surface area contributed by atoms with Gasteiger partial charge in [-0.15, -0.1) is 0 Å². The zero-order chi connectivity index (χ0) is 20.4. The lowest BCUT2D eigenvalue weighted by atomic mass is 9.95. The van der Waals surface area contributed by atoms with Crippen LogP contribution in [0, 0.1) is 17.0 Å². The lowest BCUT2D eigenvalue weighted by Crippen LogP contribution is -2.20. The number of phenols is 1. The largest absolute Gasteiger partial charge is 0.502 e. The van der Waals surface area contributed by atoms with E-state index in [-0.39, 0.29) is 11.4 Å². The number of phenolic OH excluding ortho intramolecular Hbond substituents is 1. The maximum atomic E-state index is 11.7. The number of nitro groups is 1. The van der Waals surface area contributed by atoms with Gasteiger partial charge >= 0.3 is 0 Å². The second-order valence-electron chi connectivity index (χ2n) is 6.78. The number of pyridine rings is 2. The second-order valence-corrected chi connectivity index (χ2v) is 6.78. The number of nitrogens with one attached hydrogen (secondary N) is 3. The van der Waals surface area contributed by atoms with Crippen molar-refractivity contribution in [3.8, 4) is 5.75 Å². The third-order valence-electron chi connectivity index (χ3n) is 4.84. The number of para-hydroxylation sites is 1. The highest BCUT2D eigenvalue weighted by molar-refractivity contribution is 5.83. The first-order valence-corrected chi connectivity index (χ1v) is 9.15. The minimum Gasteiger partial charge on any atom is -0.502 e. The molecule has 0 saturated heterocycles. The topological polar surface area (TPSA) is 104 Å². The highest BCUT2D eigenvalue weighted by Crippen LogP contribution is 2.38. The first kappa shape index (κ1) is 18.4. The SMILES string of the molecule is Cc1ccc2ccc(C(Nc3cccc[nH+]3)c3ccccc3[N+](=O)[O-])c(O)c2[nH+]1. The highest BCUT2D eigenvalue weighted by Gasteiger charge is 2.31. The molecule has 0 fully saturated rings. The summed E-state index contributed by atoms with van der Waals surface area (Å²) in [5.74, 6) is 0.723. The van der Waals surface area contributed by atoms with Gasteiger partial charge in [0.25, 0.3) is 17.0 Å². The first-order chi connectivity index (χ1) is 14.0. The van der Waals surface area contributed by atoms with Crippen LogP contribution >= 0.6 is 0 Å². The molecule has 0 spiro atoms. The Balaban J connectivity index is 1.93. The zero-order valence-corrected chi connectivity index (χ0v) is 15.7. The molecule has 0 amide bonds. The van der Waals surface area contributed by atoms with Crippen molar-refractivity contribution in [2.75, 3.05) is 5.32 Å². The minimum absolute atomic E-state index is 0.0198. The van der Waals surface area contributed by atoms with Crippen molar-refractivity contribution in [2.45, 2.75) is 13.0 Å². The van der Waals surface area contributed by atoms with Crippen LogP contribution in [-0.4, -0.2) is 10.0 Å². The van der Waals surface area contributed by atoms with Gasteiger partial charge in [-0.05, 0) is 30.3 Å². The van der Waals surface area contributed by atoms with E-state index in [1.54, 1.807) is 30.5 Å². The van der Waals surface area contributed by atoms with Crippen LogP contribution in [0.3, 0.4) is 0 Å². The zero-order valence-electron chi connectivity index (χ0n) is 15.7. The van der Waals surface area contributed by atoms with Gasteiger partial charge in [-0.3, -0.25) is 15.4 Å². The van der Waals surface area contributed by atoms with Gasteiger partial charge < -0.3 is 5.11 Å². The lowest BCUT2D eigenvalue weighted by Gasteiger charge is -2.16. The van der Waals surface area contributed by atoms with E-state index in [2.05, 4.69) is 15.3 Å². The Morgan fingerprint density at radius 2 is 1.76 bits per heavy atom. The summed E-state index contributed by atoms with van der Waals surface area (Å²) < 4.78 is 0. The lowest BCUT2D eigenvalue weighted by molar-refractivity contribution is -0.385. The summed E-state index contributed by atoms with van der Waals surface area (Å²) >= 11 is 0. The van der Waals surface area contributed by atoms with Gasteiger partial charge in [-0.2, -0.15) is 0 Å². The minimum atomic E-state index is -0.645. The number of aromatic amines is 2. The van der Waals surface area contributed by atoms with Crippen molar-refractivity contribution in [1.29, 1.82) is 0 Å². The Labute approximate surface area is 166 Å². The molecule has 2 heterocycles. The molecular formula is C22H20N4O3+2. The van der Waals surface area contributed by atoms with E-state index >= 15 is 0 Å². The molecule has 7 nitrogen and oxygen atoms in total. The van der Waals surface area contributed by atoms with Gasteiger partial charge in [0.2, 0.25) is 0 Å². The molecule has 7 heteroatoms. The van der Waals surface area contributed by atoms with E-state index in [0.29, 0.717) is 22.5 Å². The molecule has 4 N–H and O–H groups in total. The Morgan fingerprint density at radius 3 is 2.52 bits per heavy atom. The Kier molecular flexibility index (Phi) is 4.78. The normalized spacial score (nSPS) is 11.9. The molecule has 0 radical (unpaired) electrons. The molecule has 2 aromatic heterocycles. The second kappa shape index (κ2) is 7.55. The number of hydrogen-bond acceptors (Lipinski definition) is 4. The van der Waals surface area contributed by atoms with Crippen molar-refractivity contribution in [3.05, 3.63) is 99.9 Å². The van der Waals surface area contributed by atoms with Crippen molar-refractivity contribution < 1.29 is 20.0 Å². The standard InChI is InChI=1S/C22H18N4O3/c1-14-9-10-15-11-12-17(22(27)20(15)24-14)21(25-19-8-4-5-13-23-19)16-6-2-3-7-18(16)26(28)29/h2-13,21,27H,1H3,(H,23,25)/p+2. The molecule has 2 aromatic carbocycles. The van der Waals surface area contributed by atoms with E-state index in [0.717, 1.165) is 11.1 Å². The monoisotopic (exact) mass is 388 g/mol. The van der Waals surface area contributed by atoms with E-state index in [1.165, 1.54) is 6.07 Å². The number of nitrogens with zero attached hydrogens (tertiary/aromatic N) is 1. The summed E-state index contributed by atoms with van der Waals surface area (Å²) in [7, 11) is 0. The molecule has 4 aromatic rings. The van der Waals surface area contributed by atoms with Gasteiger partial charge in [-0.1, -0.05) is 18.2 Å². The molecule has 0 saturated carbocycles. The van der Waals surface area contributed by atoms with E-state index < -0.39 is 11.0 Å². The number of hydrogen-bond donors (Lipinski definition) is 2. The van der Waals surface area contributed by atoms with Crippen LogP contribution in [-0.2, 0) is 0 Å². The van der Waals surface area contributed by atoms with Crippen LogP contribution in [0.2, 0.25) is 0 Å². The summed E-state index contributed by atoms with van der Waals surface area (Å²) in [6, 6.07) is 18.9. The molecular weight excluding hydrogens is 368 g/mol. The van der Waals surface area contributed by atoms with E-state index in [1.807, 2.05) is 43.3 Å². The van der Waals surface area contributed by atoms with Crippen LogP contribution in [0.4, 0.5) is 11.5 Å². The Hall–Kier alpha value is -4.00. The smallest absolute Gasteiger partial charge is 0.277 e. The molecule has 1 atom stereocenters. The van der Waals surface area contributed by atoms with Gasteiger partial charge in [0, 0.05) is 30.7 Å². The van der Waals surface area contributed by atoms with Crippen LogP contribution in [0.5, 0.6) is 5.75 Å². The van der Waals surface area contributed by atoms with E-state index in [9.17, 15) is 15.2 Å². The number of nitro benzene ring substituents is 1. The average Bonchev–Trinajstić information content (AvgIpc) is 2.74. The number of aromatic hydroxyl groups is 1. The fourth-order valence-corrected chi connectivity index (χ4v) is 3.44. The van der Waals surface area contributed by atoms with Crippen LogP contribution < -0.4 is 15.3 Å². The van der Waals surface area contributed by atoms with Crippen molar-refractivity contribution >= 4 is 22.4 Å². The Bertz CT molecular complexity index is 1200. The predicted molar refractivity (Wildman–Crippen MR) is 108 cm³/mol. The number of aromatic nitrogens is 2. The number of anilines is 1. The molecule has 0 aliphatic heterocycles. The number of rotatable bonds is 5. The summed E-state index contributed by atoms with van der Waals surface area (Å²) in [6.07, 6.45) is 1.76. The molecule has 0 bridgehead atoms. The van der Waals surface area contributed by atoms with Crippen molar-refractivity contribution in [3.63, 3.8) is 0 Å². The third-order valence-corrected chi connectivity index (χ3v) is 4.84. The van der Waals surface area contributed by atoms with Gasteiger partial charge in [-0.25, -0.2) is 9.97 Å². The van der Waals surface area contributed by atoms with E-state index in [4.69, 9.17) is 0 Å². The van der Waals surface area contributed by atoms with Crippen molar-refractivity contribution in [2.24, 2.45) is 0 Å². The number of H-pyrrole nitrogens is 2. The molecule has 29 heavy (non-hydrogen) atoms. The number of fused-ring (bicyclic) bond motifs is 1. The molecule has 0 aliphatic carbocycles. The summed E-state index contributed by atoms with van der Waals surface area (Å²) in [6.45, 7) is 1.91. The van der Waals surface area contributed by atoms with Gasteiger partial charge in [0.15, 0.2) is 17.5 Å². The summed E-state index contributed by atoms with van der Waals surface area (Å²) in [5.41, 5.74) is 2.46. The molecule has 1 unspecified atom stereocenters. The van der Waals surface area contributed by atoms with Gasteiger partial charge in [0.05, 0.1) is 22.1 Å². The highest BCUT2D eigenvalue weighted by atomic mass is 16.6. The average molecular weight is 388 g/mol. The molecule has 144 valence electrons. The fourth-order valence-electron chi connectivity index (χ4n) is 3.44. The van der Waals surface area contributed by atoms with Gasteiger partial charge in [0.1, 0.15) is 0 Å². The van der Waals surface area contributed by atoms with Crippen LogP contribution in [0.15, 0.2) is 72.9 Å². The predicted octanol–water partition coefficient (Wildman–Crippen LogP) is 3.59. The quantitative estimate of drug-likeness (QED) is 0.403. The first-order valence-electron chi connectivity index (χ1n) is 9.15. The van der Waals surface area contributed by atoms with Crippen LogP contribution in [0.1, 0.15) is 22.9 Å². The number of aryl methyl sites for hydroxylation is 1. The maximum Gasteiger partial charge on any atom is 0.277 e. The summed E-state index contributed by atoms with van der Waals surface area (Å²) in [4.78, 5) is 17.5. The molecule has 0 aliphatic rings. The number of benzene rings is 2. The third kappa shape index (κ3) is 3.58. The molecule has 4 rings (SSSR count).